The molecule has 72 valence electrons. The van der Waals surface area contributed by atoms with Crippen LogP contribution in [0.15, 0.2) is 12.7 Å². The van der Waals surface area contributed by atoms with Crippen LogP contribution in [0.5, 0.6) is 0 Å². The van der Waals surface area contributed by atoms with Crippen molar-refractivity contribution >= 4 is 16.4 Å². The molecule has 7 heteroatoms. The number of hydrogen-bond acceptors (Lipinski definition) is 4. The molecule has 0 bridgehead atoms. The van der Waals surface area contributed by atoms with Crippen molar-refractivity contribution in [3.63, 3.8) is 0 Å². The fourth-order valence-corrected chi connectivity index (χ4v) is 0.201. The van der Waals surface area contributed by atoms with E-state index in [0.29, 0.717) is 6.61 Å². The van der Waals surface area contributed by atoms with Crippen molar-refractivity contribution in [3.05, 3.63) is 12.7 Å². The minimum absolute atomic E-state index is 0.359. The van der Waals surface area contributed by atoms with Gasteiger partial charge in [-0.25, -0.2) is 9.93 Å². The van der Waals surface area contributed by atoms with Crippen LogP contribution in [0.25, 0.3) is 0 Å². The van der Waals surface area contributed by atoms with Crippen LogP contribution in [0.4, 0.5) is 3.89 Å². The Morgan fingerprint density at radius 1 is 1.75 bits per heavy atom. The fourth-order valence-electron chi connectivity index (χ4n) is 0.201. The standard InChI is InChI=1S/C5H8O2.FH2NO2S/c1-3-5(6)7-4-2;1-5(2,3)4/h3H,1,4H2,2H3;(H2,2,3,4). The molecule has 0 amide bonds. The number of rotatable bonds is 2. The second-order valence-electron chi connectivity index (χ2n) is 1.43. The van der Waals surface area contributed by atoms with Gasteiger partial charge in [-0.3, -0.25) is 0 Å². The number of carbonyl (C=O) groups excluding carboxylic acids is 1. The number of esters is 1. The van der Waals surface area contributed by atoms with Crippen LogP contribution in [0.1, 0.15) is 6.92 Å². The molecule has 0 saturated carbocycles. The largest absolute Gasteiger partial charge is 0.463 e. The molecule has 0 aliphatic carbocycles. The molecule has 12 heavy (non-hydrogen) atoms. The summed E-state index contributed by atoms with van der Waals surface area (Å²) in [6, 6.07) is 0. The van der Waals surface area contributed by atoms with Crippen molar-refractivity contribution in [2.75, 3.05) is 6.61 Å². The van der Waals surface area contributed by atoms with Gasteiger partial charge in [0, 0.05) is 6.08 Å². The second-order valence-corrected chi connectivity index (χ2v) is 2.38. The zero-order valence-corrected chi connectivity index (χ0v) is 7.30. The van der Waals surface area contributed by atoms with Gasteiger partial charge in [0.15, 0.2) is 0 Å². The first-order valence-electron chi connectivity index (χ1n) is 2.82. The van der Waals surface area contributed by atoms with E-state index in [1.807, 2.05) is 0 Å². The molecule has 5 nitrogen and oxygen atoms in total. The normalized spacial score (nSPS) is 9.25. The molecular weight excluding hydrogens is 189 g/mol. The average Bonchev–Trinajstić information content (AvgIpc) is 1.85. The Morgan fingerprint density at radius 2 is 2.08 bits per heavy atom. The van der Waals surface area contributed by atoms with Gasteiger partial charge in [-0.15, -0.1) is 0 Å². The van der Waals surface area contributed by atoms with Crippen LogP contribution >= 0.6 is 0 Å². The Balaban J connectivity index is 0. The third-order valence-corrected chi connectivity index (χ3v) is 0.453. The Hall–Kier alpha value is -0.950. The summed E-state index contributed by atoms with van der Waals surface area (Å²) in [4.78, 5) is 10.1. The molecule has 0 aliphatic rings. The highest BCUT2D eigenvalue weighted by Crippen LogP contribution is 1.74. The zero-order valence-electron chi connectivity index (χ0n) is 6.49. The predicted octanol–water partition coefficient (Wildman–Crippen LogP) is -0.105. The summed E-state index contributed by atoms with van der Waals surface area (Å²) < 4.78 is 32.4. The molecular formula is C5H10FNO4S. The number of hydrogen-bond donors (Lipinski definition) is 1. The van der Waals surface area contributed by atoms with E-state index in [1.165, 1.54) is 0 Å². The van der Waals surface area contributed by atoms with Gasteiger partial charge in [-0.2, -0.15) is 8.42 Å². The summed E-state index contributed by atoms with van der Waals surface area (Å²) in [6.45, 7) is 5.38. The lowest BCUT2D eigenvalue weighted by Gasteiger charge is -1.90. The molecule has 0 aromatic rings. The van der Waals surface area contributed by atoms with Crippen molar-refractivity contribution in [1.82, 2.24) is 0 Å². The van der Waals surface area contributed by atoms with E-state index in [2.05, 4.69) is 16.5 Å². The van der Waals surface area contributed by atoms with Crippen molar-refractivity contribution in [2.24, 2.45) is 5.14 Å². The third kappa shape index (κ3) is 35.8. The Kier molecular flexibility index (Phi) is 7.66. The molecule has 0 unspecified atom stereocenters. The van der Waals surface area contributed by atoms with Crippen molar-refractivity contribution in [1.29, 1.82) is 0 Å². The van der Waals surface area contributed by atoms with E-state index in [0.717, 1.165) is 6.08 Å². The van der Waals surface area contributed by atoms with Crippen LogP contribution < -0.4 is 5.14 Å². The summed E-state index contributed by atoms with van der Waals surface area (Å²) in [5.74, 6) is -0.359. The van der Waals surface area contributed by atoms with Crippen molar-refractivity contribution in [3.8, 4) is 0 Å². The minimum Gasteiger partial charge on any atom is -0.463 e. The zero-order chi connectivity index (χ0) is 10.2. The molecule has 0 heterocycles. The van der Waals surface area contributed by atoms with Crippen molar-refractivity contribution < 1.29 is 21.8 Å². The number of ether oxygens (including phenoxy) is 1. The maximum atomic E-state index is 10.4. The molecule has 0 radical (unpaired) electrons. The highest BCUT2D eigenvalue weighted by Gasteiger charge is 1.87. The third-order valence-electron chi connectivity index (χ3n) is 0.453. The van der Waals surface area contributed by atoms with E-state index in [9.17, 15) is 8.68 Å². The van der Waals surface area contributed by atoms with Crippen LogP contribution in [0.3, 0.4) is 0 Å². The van der Waals surface area contributed by atoms with Gasteiger partial charge in [-0.1, -0.05) is 10.5 Å². The lowest BCUT2D eigenvalue weighted by atomic mass is 10.6. The Morgan fingerprint density at radius 3 is 2.17 bits per heavy atom. The molecule has 0 fully saturated rings. The van der Waals surface area contributed by atoms with Gasteiger partial charge in [0.1, 0.15) is 0 Å². The van der Waals surface area contributed by atoms with Crippen LogP contribution in [-0.2, 0) is 19.9 Å². The van der Waals surface area contributed by atoms with Crippen molar-refractivity contribution in [2.45, 2.75) is 6.92 Å². The molecule has 0 aliphatic heterocycles. The first kappa shape index (κ1) is 13.6. The Bertz CT molecular complexity index is 228. The van der Waals surface area contributed by atoms with E-state index in [4.69, 9.17) is 8.42 Å². The topological polar surface area (TPSA) is 86.5 Å². The molecule has 0 aromatic carbocycles. The number of nitrogens with two attached hydrogens (primary N) is 1. The maximum absolute atomic E-state index is 10.4. The minimum atomic E-state index is -4.67. The summed E-state index contributed by atoms with van der Waals surface area (Å²) >= 11 is 0. The van der Waals surface area contributed by atoms with E-state index < -0.39 is 10.4 Å². The smallest absolute Gasteiger partial charge is 0.369 e. The summed E-state index contributed by atoms with van der Waals surface area (Å²) in [6.07, 6.45) is 1.14. The van der Waals surface area contributed by atoms with Crippen LogP contribution in [0, 0.1) is 0 Å². The predicted molar refractivity (Wildman–Crippen MR) is 41.0 cm³/mol. The van der Waals surface area contributed by atoms with Gasteiger partial charge in [0.25, 0.3) is 0 Å². The lowest BCUT2D eigenvalue weighted by molar-refractivity contribution is -0.137. The van der Waals surface area contributed by atoms with E-state index >= 15 is 0 Å². The molecule has 0 spiro atoms. The first-order chi connectivity index (χ1) is 5.31. The highest BCUT2D eigenvalue weighted by atomic mass is 32.3. The fraction of sp³-hybridized carbons (Fsp3) is 0.400. The first-order valence-corrected chi connectivity index (χ1v) is 4.27. The van der Waals surface area contributed by atoms with Gasteiger partial charge in [0.2, 0.25) is 0 Å². The van der Waals surface area contributed by atoms with Crippen LogP contribution in [0.2, 0.25) is 0 Å². The maximum Gasteiger partial charge on any atom is 0.369 e. The molecule has 0 saturated heterocycles. The molecule has 0 rings (SSSR count). The summed E-state index contributed by atoms with van der Waals surface area (Å²) in [7, 11) is -4.67. The van der Waals surface area contributed by atoms with Gasteiger partial charge in [-0.05, 0) is 6.92 Å². The SMILES string of the molecule is C=CC(=O)OCC.NS(=O)(=O)F. The van der Waals surface area contributed by atoms with Gasteiger partial charge >= 0.3 is 16.4 Å². The summed E-state index contributed by atoms with van der Waals surface area (Å²) in [5, 5.41) is 3.66. The molecule has 0 aromatic heterocycles. The number of halogens is 1. The second kappa shape index (κ2) is 6.74. The van der Waals surface area contributed by atoms with Crippen LogP contribution in [-0.4, -0.2) is 21.0 Å². The number of carbonyl (C=O) groups is 1. The summed E-state index contributed by atoms with van der Waals surface area (Å²) in [5.41, 5.74) is 0. The lowest BCUT2D eigenvalue weighted by Crippen LogP contribution is -2.01. The van der Waals surface area contributed by atoms with E-state index in [1.54, 1.807) is 6.92 Å². The highest BCUT2D eigenvalue weighted by molar-refractivity contribution is 7.83. The Labute approximate surface area is 70.4 Å². The monoisotopic (exact) mass is 199 g/mol. The molecule has 0 atom stereocenters. The van der Waals surface area contributed by atoms with Gasteiger partial charge < -0.3 is 4.74 Å². The van der Waals surface area contributed by atoms with Gasteiger partial charge in [0.05, 0.1) is 6.61 Å². The van der Waals surface area contributed by atoms with E-state index in [-0.39, 0.29) is 5.97 Å². The average molecular weight is 199 g/mol. The quantitative estimate of drug-likeness (QED) is 0.382. The molecule has 2 N–H and O–H groups in total.